The lowest BCUT2D eigenvalue weighted by atomic mass is 10.2. The molecule has 0 amide bonds. The Bertz CT molecular complexity index is 660. The van der Waals surface area contributed by atoms with Crippen LogP contribution in [0.1, 0.15) is 25.8 Å². The third-order valence-electron chi connectivity index (χ3n) is 2.64. The fourth-order valence-electron chi connectivity index (χ4n) is 1.65. The predicted octanol–water partition coefficient (Wildman–Crippen LogP) is 4.55. The highest BCUT2D eigenvalue weighted by molar-refractivity contribution is 6.32. The second-order valence-electron chi connectivity index (χ2n) is 4.16. The second kappa shape index (κ2) is 8.85. The van der Waals surface area contributed by atoms with E-state index in [9.17, 15) is 4.39 Å². The molecule has 0 aromatic heterocycles. The topological polar surface area (TPSA) is 57.4 Å². The van der Waals surface area contributed by atoms with Crippen LogP contribution in [0.2, 0.25) is 0 Å². The van der Waals surface area contributed by atoms with Crippen molar-refractivity contribution in [1.29, 1.82) is 5.26 Å². The summed E-state index contributed by atoms with van der Waals surface area (Å²) < 4.78 is 19.2. The standard InChI is InChI=1S/C16H17ClFN3O/c1-4-6-14(22-3)15(17)16(20-5-2)21-13-8-7-11(10-19)9-12(13)18/h5-9,21H,4H2,1-3H3/b14-6-,16-15-,20-5-. The maximum Gasteiger partial charge on any atom is 0.152 e. The van der Waals surface area contributed by atoms with E-state index in [2.05, 4.69) is 10.3 Å². The van der Waals surface area contributed by atoms with Crippen LogP contribution in [0.25, 0.3) is 0 Å². The zero-order chi connectivity index (χ0) is 16.5. The molecule has 4 nitrogen and oxygen atoms in total. The summed E-state index contributed by atoms with van der Waals surface area (Å²) in [7, 11) is 1.50. The van der Waals surface area contributed by atoms with Gasteiger partial charge >= 0.3 is 0 Å². The smallest absolute Gasteiger partial charge is 0.152 e. The van der Waals surface area contributed by atoms with Gasteiger partial charge in [-0.25, -0.2) is 9.38 Å². The van der Waals surface area contributed by atoms with Crippen LogP contribution in [0.15, 0.2) is 45.9 Å². The minimum Gasteiger partial charge on any atom is -0.495 e. The molecule has 1 aromatic rings. The van der Waals surface area contributed by atoms with E-state index in [4.69, 9.17) is 21.6 Å². The molecule has 0 radical (unpaired) electrons. The molecular weight excluding hydrogens is 305 g/mol. The van der Waals surface area contributed by atoms with E-state index in [1.54, 1.807) is 13.0 Å². The number of ether oxygens (including phenoxy) is 1. The van der Waals surface area contributed by atoms with Crippen LogP contribution in [0.3, 0.4) is 0 Å². The van der Waals surface area contributed by atoms with Crippen molar-refractivity contribution in [3.05, 3.63) is 52.3 Å². The molecule has 1 rings (SSSR count). The maximum absolute atomic E-state index is 14.0. The summed E-state index contributed by atoms with van der Waals surface area (Å²) in [6.45, 7) is 3.66. The van der Waals surface area contributed by atoms with Crippen molar-refractivity contribution in [2.24, 2.45) is 4.99 Å². The molecule has 0 fully saturated rings. The van der Waals surface area contributed by atoms with E-state index in [0.29, 0.717) is 5.76 Å². The van der Waals surface area contributed by atoms with Crippen LogP contribution in [0.4, 0.5) is 10.1 Å². The van der Waals surface area contributed by atoms with E-state index in [0.717, 1.165) is 12.5 Å². The minimum absolute atomic E-state index is 0.171. The summed E-state index contributed by atoms with van der Waals surface area (Å²) in [5, 5.41) is 11.8. The third-order valence-corrected chi connectivity index (χ3v) is 3.01. The first kappa shape index (κ1) is 17.7. The predicted molar refractivity (Wildman–Crippen MR) is 87.2 cm³/mol. The summed E-state index contributed by atoms with van der Waals surface area (Å²) in [6, 6.07) is 5.98. The van der Waals surface area contributed by atoms with E-state index >= 15 is 0 Å². The molecule has 0 spiro atoms. The highest BCUT2D eigenvalue weighted by atomic mass is 35.5. The molecule has 0 saturated heterocycles. The van der Waals surface area contributed by atoms with Crippen molar-refractivity contribution in [2.45, 2.75) is 20.3 Å². The molecule has 1 N–H and O–H groups in total. The number of anilines is 1. The highest BCUT2D eigenvalue weighted by Crippen LogP contribution is 2.25. The number of aliphatic imine (C=N–C) groups is 1. The number of rotatable bonds is 6. The summed E-state index contributed by atoms with van der Waals surface area (Å²) in [4.78, 5) is 4.11. The summed E-state index contributed by atoms with van der Waals surface area (Å²) in [5.41, 5.74) is 0.409. The van der Waals surface area contributed by atoms with Gasteiger partial charge in [-0.15, -0.1) is 0 Å². The number of hydrogen-bond donors (Lipinski definition) is 1. The minimum atomic E-state index is -0.564. The maximum atomic E-state index is 14.0. The molecule has 0 saturated carbocycles. The lowest BCUT2D eigenvalue weighted by Gasteiger charge is -2.12. The van der Waals surface area contributed by atoms with Gasteiger partial charge < -0.3 is 10.1 Å². The number of allylic oxidation sites excluding steroid dienone is 2. The van der Waals surface area contributed by atoms with E-state index in [1.807, 2.05) is 13.0 Å². The largest absolute Gasteiger partial charge is 0.495 e. The van der Waals surface area contributed by atoms with Crippen LogP contribution in [0.5, 0.6) is 0 Å². The van der Waals surface area contributed by atoms with Crippen LogP contribution in [-0.2, 0) is 4.74 Å². The first-order valence-electron chi connectivity index (χ1n) is 6.67. The molecule has 0 unspecified atom stereocenters. The summed E-state index contributed by atoms with van der Waals surface area (Å²) in [5.74, 6) is 0.145. The number of nitriles is 1. The number of nitrogens with zero attached hydrogens (tertiary/aromatic N) is 2. The van der Waals surface area contributed by atoms with Gasteiger partial charge in [0.2, 0.25) is 0 Å². The van der Waals surface area contributed by atoms with Crippen molar-refractivity contribution < 1.29 is 9.13 Å². The molecule has 0 heterocycles. The Balaban J connectivity index is 3.23. The van der Waals surface area contributed by atoms with Gasteiger partial charge in [0, 0.05) is 6.21 Å². The van der Waals surface area contributed by atoms with Gasteiger partial charge in [-0.1, -0.05) is 18.5 Å². The Hall–Kier alpha value is -2.32. The molecule has 6 heteroatoms. The van der Waals surface area contributed by atoms with Gasteiger partial charge in [-0.05, 0) is 37.6 Å². The lowest BCUT2D eigenvalue weighted by Crippen LogP contribution is -2.04. The second-order valence-corrected chi connectivity index (χ2v) is 4.54. The Morgan fingerprint density at radius 1 is 1.55 bits per heavy atom. The summed E-state index contributed by atoms with van der Waals surface area (Å²) >= 11 is 6.27. The Morgan fingerprint density at radius 3 is 2.77 bits per heavy atom. The number of halogens is 2. The lowest BCUT2D eigenvalue weighted by molar-refractivity contribution is 0.302. The van der Waals surface area contributed by atoms with Crippen molar-refractivity contribution >= 4 is 23.5 Å². The third kappa shape index (κ3) is 4.61. The van der Waals surface area contributed by atoms with Crippen molar-refractivity contribution in [1.82, 2.24) is 0 Å². The molecule has 0 atom stereocenters. The quantitative estimate of drug-likeness (QED) is 0.475. The number of benzene rings is 1. The van der Waals surface area contributed by atoms with Crippen molar-refractivity contribution in [3.8, 4) is 6.07 Å². The molecule has 0 bridgehead atoms. The zero-order valence-corrected chi connectivity index (χ0v) is 13.4. The number of nitrogens with one attached hydrogen (secondary N) is 1. The first-order valence-corrected chi connectivity index (χ1v) is 7.04. The van der Waals surface area contributed by atoms with E-state index in [1.165, 1.54) is 25.5 Å². The van der Waals surface area contributed by atoms with E-state index < -0.39 is 5.82 Å². The highest BCUT2D eigenvalue weighted by Gasteiger charge is 2.12. The van der Waals surface area contributed by atoms with Gasteiger partial charge in [0.1, 0.15) is 16.6 Å². The van der Waals surface area contributed by atoms with Crippen LogP contribution < -0.4 is 5.32 Å². The van der Waals surface area contributed by atoms with Gasteiger partial charge in [-0.3, -0.25) is 0 Å². The van der Waals surface area contributed by atoms with Crippen LogP contribution in [0, 0.1) is 17.1 Å². The monoisotopic (exact) mass is 321 g/mol. The first-order chi connectivity index (χ1) is 10.6. The molecular formula is C16H17ClFN3O. The molecule has 1 aromatic carbocycles. The zero-order valence-electron chi connectivity index (χ0n) is 12.7. The van der Waals surface area contributed by atoms with E-state index in [-0.39, 0.29) is 22.1 Å². The number of methoxy groups -OCH3 is 1. The molecule has 22 heavy (non-hydrogen) atoms. The SMILES string of the molecule is C\C=N/C(Nc1ccc(C#N)cc1F)=C(Cl)\C(=C\CC)OC. The Kier molecular flexibility index (Phi) is 7.14. The van der Waals surface area contributed by atoms with Crippen LogP contribution >= 0.6 is 11.6 Å². The van der Waals surface area contributed by atoms with Gasteiger partial charge in [0.05, 0.1) is 24.4 Å². The average Bonchev–Trinajstić information content (AvgIpc) is 2.53. The van der Waals surface area contributed by atoms with Crippen LogP contribution in [-0.4, -0.2) is 13.3 Å². The summed E-state index contributed by atoms with van der Waals surface area (Å²) in [6.07, 6.45) is 4.06. The molecule has 0 aliphatic heterocycles. The Labute approximate surface area is 134 Å². The fraction of sp³-hybridized carbons (Fsp3) is 0.250. The Morgan fingerprint density at radius 2 is 2.27 bits per heavy atom. The van der Waals surface area contributed by atoms with Gasteiger partial charge in [0.15, 0.2) is 5.82 Å². The van der Waals surface area contributed by atoms with Gasteiger partial charge in [-0.2, -0.15) is 5.26 Å². The van der Waals surface area contributed by atoms with Crippen molar-refractivity contribution in [2.75, 3.05) is 12.4 Å². The molecule has 116 valence electrons. The molecule has 0 aliphatic carbocycles. The molecule has 0 aliphatic rings. The van der Waals surface area contributed by atoms with Crippen molar-refractivity contribution in [3.63, 3.8) is 0 Å². The average molecular weight is 322 g/mol. The normalized spacial score (nSPS) is 12.8. The fourth-order valence-corrected chi connectivity index (χ4v) is 1.90. The number of hydrogen-bond acceptors (Lipinski definition) is 4. The van der Waals surface area contributed by atoms with Gasteiger partial charge in [0.25, 0.3) is 0 Å².